The smallest absolute Gasteiger partial charge is 0.0690 e. The van der Waals surface area contributed by atoms with Crippen LogP contribution in [0, 0.1) is 0 Å². The number of aromatic nitrogens is 1. The van der Waals surface area contributed by atoms with Crippen LogP contribution in [0.15, 0.2) is 24.4 Å². The first-order valence-corrected chi connectivity index (χ1v) is 4.37. The number of fused-ring (bicyclic) bond motifs is 1. The zero-order valence-corrected chi connectivity index (χ0v) is 7.38. The van der Waals surface area contributed by atoms with Crippen LogP contribution in [-0.4, -0.2) is 11.5 Å². The summed E-state index contributed by atoms with van der Waals surface area (Å²) in [6, 6.07) is 5.92. The Hall–Kier alpha value is -1.48. The summed E-state index contributed by atoms with van der Waals surface area (Å²) in [6.45, 7) is 0.668. The molecule has 0 spiro atoms. The van der Waals surface area contributed by atoms with Crippen molar-refractivity contribution in [3.63, 3.8) is 0 Å². The van der Waals surface area contributed by atoms with Crippen molar-refractivity contribution < 1.29 is 0 Å². The molecule has 0 radical (unpaired) electrons. The van der Waals surface area contributed by atoms with Crippen LogP contribution in [0.5, 0.6) is 0 Å². The third kappa shape index (κ3) is 1.27. The molecule has 0 fully saturated rings. The zero-order valence-electron chi connectivity index (χ0n) is 7.38. The van der Waals surface area contributed by atoms with Crippen LogP contribution in [0.3, 0.4) is 0 Å². The first-order chi connectivity index (χ1) is 6.33. The lowest BCUT2D eigenvalue weighted by Gasteiger charge is -1.97. The number of hydrogen-bond donors (Lipinski definition) is 3. The van der Waals surface area contributed by atoms with Gasteiger partial charge in [0.15, 0.2) is 0 Å². The van der Waals surface area contributed by atoms with Gasteiger partial charge in [0.2, 0.25) is 0 Å². The lowest BCUT2D eigenvalue weighted by Crippen LogP contribution is -2.01. The molecule has 0 bridgehead atoms. The van der Waals surface area contributed by atoms with Gasteiger partial charge in [-0.1, -0.05) is 12.1 Å². The number of rotatable bonds is 2. The van der Waals surface area contributed by atoms with E-state index in [1.807, 2.05) is 18.3 Å². The molecule has 0 aliphatic heterocycles. The van der Waals surface area contributed by atoms with Crippen LogP contribution < -0.4 is 11.5 Å². The van der Waals surface area contributed by atoms with Crippen LogP contribution >= 0.6 is 0 Å². The average Bonchev–Trinajstić information content (AvgIpc) is 2.51. The summed E-state index contributed by atoms with van der Waals surface area (Å²) in [6.07, 6.45) is 2.87. The molecule has 0 atom stereocenters. The monoisotopic (exact) mass is 175 g/mol. The van der Waals surface area contributed by atoms with Crippen molar-refractivity contribution in [2.24, 2.45) is 5.73 Å². The third-order valence-electron chi connectivity index (χ3n) is 2.25. The summed E-state index contributed by atoms with van der Waals surface area (Å²) in [5.74, 6) is 0. The van der Waals surface area contributed by atoms with Crippen LogP contribution in [0.2, 0.25) is 0 Å². The number of H-pyrrole nitrogens is 1. The Kier molecular flexibility index (Phi) is 1.94. The molecule has 5 N–H and O–H groups in total. The summed E-state index contributed by atoms with van der Waals surface area (Å²) in [5.41, 5.74) is 14.4. The standard InChI is InChI=1S/C10H13N3/c11-5-4-7-6-13-10-8(7)2-1-3-9(10)12/h1-3,6,13H,4-5,11-12H2. The second-order valence-corrected chi connectivity index (χ2v) is 3.12. The van der Waals surface area contributed by atoms with E-state index in [9.17, 15) is 0 Å². The van der Waals surface area contributed by atoms with Gasteiger partial charge in [-0.15, -0.1) is 0 Å². The fourth-order valence-electron chi connectivity index (χ4n) is 1.60. The van der Waals surface area contributed by atoms with Crippen molar-refractivity contribution in [3.8, 4) is 0 Å². The Morgan fingerprint density at radius 1 is 1.31 bits per heavy atom. The van der Waals surface area contributed by atoms with Crippen molar-refractivity contribution in [1.82, 2.24) is 4.98 Å². The van der Waals surface area contributed by atoms with Gasteiger partial charge in [0, 0.05) is 11.6 Å². The van der Waals surface area contributed by atoms with Crippen LogP contribution in [-0.2, 0) is 6.42 Å². The number of hydrogen-bond acceptors (Lipinski definition) is 2. The number of nitrogens with one attached hydrogen (secondary N) is 1. The molecular formula is C10H13N3. The minimum atomic E-state index is 0.668. The van der Waals surface area contributed by atoms with Gasteiger partial charge in [-0.25, -0.2) is 0 Å². The third-order valence-corrected chi connectivity index (χ3v) is 2.25. The van der Waals surface area contributed by atoms with Crippen molar-refractivity contribution in [2.45, 2.75) is 6.42 Å². The number of para-hydroxylation sites is 1. The van der Waals surface area contributed by atoms with E-state index < -0.39 is 0 Å². The summed E-state index contributed by atoms with van der Waals surface area (Å²) < 4.78 is 0. The molecule has 1 aromatic carbocycles. The van der Waals surface area contributed by atoms with E-state index in [1.165, 1.54) is 10.9 Å². The SMILES string of the molecule is NCCc1c[nH]c2c(N)cccc12. The predicted octanol–water partition coefficient (Wildman–Crippen LogP) is 1.25. The Balaban J connectivity index is 2.61. The molecule has 0 amide bonds. The first-order valence-electron chi connectivity index (χ1n) is 4.37. The molecule has 2 rings (SSSR count). The van der Waals surface area contributed by atoms with E-state index in [0.717, 1.165) is 17.6 Å². The normalized spacial score (nSPS) is 10.8. The van der Waals surface area contributed by atoms with Crippen molar-refractivity contribution >= 4 is 16.6 Å². The topological polar surface area (TPSA) is 67.8 Å². The number of anilines is 1. The molecule has 0 saturated heterocycles. The zero-order chi connectivity index (χ0) is 9.26. The van der Waals surface area contributed by atoms with Crippen molar-refractivity contribution in [2.75, 3.05) is 12.3 Å². The maximum Gasteiger partial charge on any atom is 0.0690 e. The van der Waals surface area contributed by atoms with Gasteiger partial charge in [-0.05, 0) is 24.6 Å². The lowest BCUT2D eigenvalue weighted by atomic mass is 10.1. The highest BCUT2D eigenvalue weighted by molar-refractivity contribution is 5.92. The Morgan fingerprint density at radius 3 is 2.92 bits per heavy atom. The molecule has 0 saturated carbocycles. The van der Waals surface area contributed by atoms with Gasteiger partial charge >= 0.3 is 0 Å². The van der Waals surface area contributed by atoms with Gasteiger partial charge in [-0.3, -0.25) is 0 Å². The molecule has 1 aromatic heterocycles. The molecule has 0 unspecified atom stereocenters. The maximum absolute atomic E-state index is 5.80. The molecule has 3 nitrogen and oxygen atoms in total. The fraction of sp³-hybridized carbons (Fsp3) is 0.200. The van der Waals surface area contributed by atoms with Gasteiger partial charge in [0.05, 0.1) is 11.2 Å². The number of nitrogen functional groups attached to an aromatic ring is 1. The summed E-state index contributed by atoms with van der Waals surface area (Å²) in [4.78, 5) is 3.16. The van der Waals surface area contributed by atoms with Crippen LogP contribution in [0.1, 0.15) is 5.56 Å². The van der Waals surface area contributed by atoms with E-state index in [2.05, 4.69) is 11.1 Å². The highest BCUT2D eigenvalue weighted by Gasteiger charge is 2.03. The van der Waals surface area contributed by atoms with Crippen LogP contribution in [0.4, 0.5) is 5.69 Å². The summed E-state index contributed by atoms with van der Waals surface area (Å²) in [5, 5.41) is 1.19. The van der Waals surface area contributed by atoms with Crippen molar-refractivity contribution in [3.05, 3.63) is 30.0 Å². The predicted molar refractivity (Wildman–Crippen MR) is 55.5 cm³/mol. The minimum Gasteiger partial charge on any atom is -0.397 e. The molecule has 2 aromatic rings. The molecule has 0 aliphatic rings. The number of aromatic amines is 1. The number of benzene rings is 1. The molecule has 13 heavy (non-hydrogen) atoms. The summed E-state index contributed by atoms with van der Waals surface area (Å²) in [7, 11) is 0. The van der Waals surface area contributed by atoms with Gasteiger partial charge in [-0.2, -0.15) is 0 Å². The van der Waals surface area contributed by atoms with E-state index in [0.29, 0.717) is 6.54 Å². The van der Waals surface area contributed by atoms with E-state index in [4.69, 9.17) is 11.5 Å². The van der Waals surface area contributed by atoms with E-state index in [-0.39, 0.29) is 0 Å². The Morgan fingerprint density at radius 2 is 2.15 bits per heavy atom. The molecule has 3 heteroatoms. The highest BCUT2D eigenvalue weighted by Crippen LogP contribution is 2.22. The minimum absolute atomic E-state index is 0.668. The van der Waals surface area contributed by atoms with Gasteiger partial charge in [0.25, 0.3) is 0 Å². The maximum atomic E-state index is 5.80. The van der Waals surface area contributed by atoms with E-state index in [1.54, 1.807) is 0 Å². The lowest BCUT2D eigenvalue weighted by molar-refractivity contribution is 0.976. The second kappa shape index (κ2) is 3.11. The number of nitrogens with two attached hydrogens (primary N) is 2. The van der Waals surface area contributed by atoms with Gasteiger partial charge in [0.1, 0.15) is 0 Å². The van der Waals surface area contributed by atoms with E-state index >= 15 is 0 Å². The fourth-order valence-corrected chi connectivity index (χ4v) is 1.60. The van der Waals surface area contributed by atoms with Crippen LogP contribution in [0.25, 0.3) is 10.9 Å². The highest BCUT2D eigenvalue weighted by atomic mass is 14.7. The average molecular weight is 175 g/mol. The molecular weight excluding hydrogens is 162 g/mol. The first kappa shape index (κ1) is 8.13. The Bertz CT molecular complexity index is 417. The quantitative estimate of drug-likeness (QED) is 0.601. The van der Waals surface area contributed by atoms with Gasteiger partial charge < -0.3 is 16.5 Å². The van der Waals surface area contributed by atoms with Crippen molar-refractivity contribution in [1.29, 1.82) is 0 Å². The molecule has 68 valence electrons. The molecule has 1 heterocycles. The molecule has 0 aliphatic carbocycles. The Labute approximate surface area is 76.7 Å². The largest absolute Gasteiger partial charge is 0.397 e. The second-order valence-electron chi connectivity index (χ2n) is 3.12. The summed E-state index contributed by atoms with van der Waals surface area (Å²) >= 11 is 0.